The van der Waals surface area contributed by atoms with Crippen molar-refractivity contribution in [3.8, 4) is 5.75 Å². The Kier molecular flexibility index (Phi) is 5.07. The highest BCUT2D eigenvalue weighted by Gasteiger charge is 2.36. The number of carbonyl (C=O) groups is 1. The second kappa shape index (κ2) is 7.52. The molecule has 1 unspecified atom stereocenters. The lowest BCUT2D eigenvalue weighted by Crippen LogP contribution is -2.48. The quantitative estimate of drug-likeness (QED) is 0.789. The third kappa shape index (κ3) is 3.49. The van der Waals surface area contributed by atoms with E-state index in [1.54, 1.807) is 35.2 Å². The maximum absolute atomic E-state index is 13.5. The van der Waals surface area contributed by atoms with Crippen LogP contribution in [0.4, 0.5) is 10.1 Å². The monoisotopic (exact) mass is 404 g/mol. The molecule has 1 fully saturated rings. The molecular weight excluding hydrogens is 383 g/mol. The summed E-state index contributed by atoms with van der Waals surface area (Å²) >= 11 is 0. The summed E-state index contributed by atoms with van der Waals surface area (Å²) in [6.07, 6.45) is 1.23. The number of benzene rings is 2. The summed E-state index contributed by atoms with van der Waals surface area (Å²) < 4.78 is 46.1. The minimum absolute atomic E-state index is 0.143. The summed E-state index contributed by atoms with van der Waals surface area (Å²) in [6, 6.07) is 12.3. The van der Waals surface area contributed by atoms with Gasteiger partial charge < -0.3 is 9.64 Å². The van der Waals surface area contributed by atoms with Crippen molar-refractivity contribution in [3.05, 3.63) is 54.3 Å². The van der Waals surface area contributed by atoms with E-state index in [0.717, 1.165) is 0 Å². The van der Waals surface area contributed by atoms with Gasteiger partial charge in [0.05, 0.1) is 23.0 Å². The lowest BCUT2D eigenvalue weighted by molar-refractivity contribution is -0.123. The van der Waals surface area contributed by atoms with Gasteiger partial charge in [-0.3, -0.25) is 4.79 Å². The van der Waals surface area contributed by atoms with Crippen LogP contribution in [-0.4, -0.2) is 44.9 Å². The predicted molar refractivity (Wildman–Crippen MR) is 102 cm³/mol. The zero-order valence-electron chi connectivity index (χ0n) is 15.3. The van der Waals surface area contributed by atoms with Crippen LogP contribution in [0.15, 0.2) is 53.4 Å². The zero-order valence-corrected chi connectivity index (χ0v) is 16.1. The molecule has 28 heavy (non-hydrogen) atoms. The summed E-state index contributed by atoms with van der Waals surface area (Å²) in [6.45, 7) is 1.18. The van der Waals surface area contributed by atoms with Gasteiger partial charge in [-0.2, -0.15) is 4.31 Å². The molecule has 1 saturated heterocycles. The highest BCUT2D eigenvalue weighted by Crippen LogP contribution is 2.34. The van der Waals surface area contributed by atoms with E-state index in [4.69, 9.17) is 4.74 Å². The number of piperidine rings is 1. The molecule has 8 heteroatoms. The molecular formula is C20H21FN2O4S. The molecule has 6 nitrogen and oxygen atoms in total. The van der Waals surface area contributed by atoms with Crippen molar-refractivity contribution in [3.63, 3.8) is 0 Å². The van der Waals surface area contributed by atoms with Crippen molar-refractivity contribution in [2.24, 2.45) is 5.92 Å². The molecule has 148 valence electrons. The number of ether oxygens (including phenoxy) is 1. The van der Waals surface area contributed by atoms with Crippen LogP contribution < -0.4 is 9.64 Å². The molecule has 2 aromatic carbocycles. The van der Waals surface area contributed by atoms with E-state index in [9.17, 15) is 17.6 Å². The van der Waals surface area contributed by atoms with E-state index >= 15 is 0 Å². The highest BCUT2D eigenvalue weighted by atomic mass is 32.2. The first kappa shape index (κ1) is 18.9. The fraction of sp³-hybridized carbons (Fsp3) is 0.350. The Balaban J connectivity index is 1.55. The van der Waals surface area contributed by atoms with Crippen molar-refractivity contribution in [2.45, 2.75) is 17.7 Å². The largest absolute Gasteiger partial charge is 0.489 e. The minimum Gasteiger partial charge on any atom is -0.489 e. The molecule has 0 aromatic heterocycles. The van der Waals surface area contributed by atoms with Crippen LogP contribution in [0.1, 0.15) is 12.8 Å². The first-order chi connectivity index (χ1) is 13.5. The van der Waals surface area contributed by atoms with E-state index in [1.165, 1.54) is 22.5 Å². The zero-order chi connectivity index (χ0) is 19.7. The standard InChI is InChI=1S/C20H21FN2O4S/c21-16-8-9-18-19(13-16)27-12-11-23(18)20(24)15-5-4-10-22(14-15)28(25,26)17-6-2-1-3-7-17/h1-3,6-9,13,15H,4-5,10-12,14H2. The average molecular weight is 404 g/mol. The van der Waals surface area contributed by atoms with E-state index in [2.05, 4.69) is 0 Å². The molecule has 1 amide bonds. The minimum atomic E-state index is -3.64. The van der Waals surface area contributed by atoms with Crippen molar-refractivity contribution in [1.29, 1.82) is 0 Å². The normalized spacial score (nSPS) is 20.3. The molecule has 4 rings (SSSR count). The number of carbonyl (C=O) groups excluding carboxylic acids is 1. The first-order valence-corrected chi connectivity index (χ1v) is 10.7. The number of amides is 1. The summed E-state index contributed by atoms with van der Waals surface area (Å²) in [7, 11) is -3.64. The lowest BCUT2D eigenvalue weighted by atomic mass is 9.97. The van der Waals surface area contributed by atoms with Crippen molar-refractivity contribution in [2.75, 3.05) is 31.1 Å². The van der Waals surface area contributed by atoms with Crippen LogP contribution >= 0.6 is 0 Å². The maximum atomic E-state index is 13.5. The van der Waals surface area contributed by atoms with Crippen molar-refractivity contribution < 1.29 is 22.3 Å². The van der Waals surface area contributed by atoms with Gasteiger partial charge in [-0.1, -0.05) is 18.2 Å². The Morgan fingerprint density at radius 1 is 1.11 bits per heavy atom. The summed E-state index contributed by atoms with van der Waals surface area (Å²) in [5, 5.41) is 0. The van der Waals surface area contributed by atoms with Gasteiger partial charge in [-0.15, -0.1) is 0 Å². The number of fused-ring (bicyclic) bond motifs is 1. The summed E-state index contributed by atoms with van der Waals surface area (Å²) in [5.41, 5.74) is 0.528. The lowest BCUT2D eigenvalue weighted by Gasteiger charge is -2.36. The Morgan fingerprint density at radius 2 is 1.89 bits per heavy atom. The van der Waals surface area contributed by atoms with Crippen LogP contribution in [0.5, 0.6) is 5.75 Å². The first-order valence-electron chi connectivity index (χ1n) is 9.26. The number of rotatable bonds is 3. The Labute approximate surface area is 163 Å². The third-order valence-corrected chi connectivity index (χ3v) is 7.04. The molecule has 2 aliphatic heterocycles. The second-order valence-electron chi connectivity index (χ2n) is 6.97. The van der Waals surface area contributed by atoms with Gasteiger partial charge in [-0.25, -0.2) is 12.8 Å². The fourth-order valence-electron chi connectivity index (χ4n) is 3.75. The molecule has 2 aliphatic rings. The molecule has 0 aliphatic carbocycles. The molecule has 2 heterocycles. The number of hydrogen-bond acceptors (Lipinski definition) is 4. The van der Waals surface area contributed by atoms with Crippen LogP contribution in [0.25, 0.3) is 0 Å². The van der Waals surface area contributed by atoms with Crippen molar-refractivity contribution in [1.82, 2.24) is 4.31 Å². The number of anilines is 1. The van der Waals surface area contributed by atoms with E-state index in [0.29, 0.717) is 37.4 Å². The van der Waals surface area contributed by atoms with Crippen LogP contribution in [0.3, 0.4) is 0 Å². The van der Waals surface area contributed by atoms with E-state index in [1.807, 2.05) is 0 Å². The van der Waals surface area contributed by atoms with Crippen LogP contribution in [0, 0.1) is 11.7 Å². The van der Waals surface area contributed by atoms with Gasteiger partial charge >= 0.3 is 0 Å². The Morgan fingerprint density at radius 3 is 2.68 bits per heavy atom. The van der Waals surface area contributed by atoms with Crippen LogP contribution in [-0.2, 0) is 14.8 Å². The summed E-state index contributed by atoms with van der Waals surface area (Å²) in [5.74, 6) is -0.678. The third-order valence-electron chi connectivity index (χ3n) is 5.17. The maximum Gasteiger partial charge on any atom is 0.243 e. The van der Waals surface area contributed by atoms with Crippen molar-refractivity contribution >= 4 is 21.6 Å². The van der Waals surface area contributed by atoms with Gasteiger partial charge in [0.2, 0.25) is 15.9 Å². The van der Waals surface area contributed by atoms with E-state index in [-0.39, 0.29) is 24.0 Å². The van der Waals surface area contributed by atoms with Gasteiger partial charge in [0.15, 0.2) is 0 Å². The highest BCUT2D eigenvalue weighted by molar-refractivity contribution is 7.89. The topological polar surface area (TPSA) is 66.9 Å². The molecule has 0 radical (unpaired) electrons. The number of nitrogens with zero attached hydrogens (tertiary/aromatic N) is 2. The molecule has 0 saturated carbocycles. The SMILES string of the molecule is O=C(C1CCCN(S(=O)(=O)c2ccccc2)C1)N1CCOc2cc(F)ccc21. The van der Waals surface area contributed by atoms with Gasteiger partial charge in [0.25, 0.3) is 0 Å². The Bertz CT molecular complexity index is 981. The number of hydrogen-bond donors (Lipinski definition) is 0. The van der Waals surface area contributed by atoms with Crippen LogP contribution in [0.2, 0.25) is 0 Å². The number of sulfonamides is 1. The molecule has 0 bridgehead atoms. The fourth-order valence-corrected chi connectivity index (χ4v) is 5.29. The molecule has 0 N–H and O–H groups in total. The van der Waals surface area contributed by atoms with Gasteiger partial charge in [0.1, 0.15) is 18.2 Å². The molecule has 0 spiro atoms. The summed E-state index contributed by atoms with van der Waals surface area (Å²) in [4.78, 5) is 15.0. The Hall–Kier alpha value is -2.45. The molecule has 1 atom stereocenters. The average Bonchev–Trinajstić information content (AvgIpc) is 2.73. The van der Waals surface area contributed by atoms with Gasteiger partial charge in [-0.05, 0) is 37.1 Å². The second-order valence-corrected chi connectivity index (χ2v) is 8.90. The van der Waals surface area contributed by atoms with E-state index < -0.39 is 21.8 Å². The van der Waals surface area contributed by atoms with Gasteiger partial charge in [0, 0.05) is 19.2 Å². The predicted octanol–water partition coefficient (Wildman–Crippen LogP) is 2.65. The number of halogens is 1. The molecule has 2 aromatic rings. The smallest absolute Gasteiger partial charge is 0.243 e.